The number of anilines is 1. The summed E-state index contributed by atoms with van der Waals surface area (Å²) in [7, 11) is 0. The number of Topliss-reactive ketones (excluding diaryl/α,β-unsaturated/α-hetero) is 1. The molecule has 0 bridgehead atoms. The van der Waals surface area contributed by atoms with Crippen LogP contribution in [0, 0.1) is 0 Å². The van der Waals surface area contributed by atoms with Crippen LogP contribution in [-0.2, 0) is 0 Å². The molecule has 0 spiro atoms. The minimum absolute atomic E-state index is 0.161. The Labute approximate surface area is 90.9 Å². The average Bonchev–Trinajstić information content (AvgIpc) is 2.18. The molecule has 1 rings (SSSR count). The molecule has 0 aromatic carbocycles. The first kappa shape index (κ1) is 11.7. The number of nitrogens with one attached hydrogen (secondary N) is 1. The average molecular weight is 206 g/mol. The van der Waals surface area contributed by atoms with Crippen LogP contribution in [0.2, 0.25) is 0 Å². The zero-order valence-corrected chi connectivity index (χ0v) is 9.58. The predicted molar refractivity (Wildman–Crippen MR) is 62.2 cm³/mol. The highest BCUT2D eigenvalue weighted by Crippen LogP contribution is 2.15. The summed E-state index contributed by atoms with van der Waals surface area (Å²) in [6.07, 6.45) is 3.15. The van der Waals surface area contributed by atoms with Crippen molar-refractivity contribution in [3.05, 3.63) is 23.9 Å². The Balaban J connectivity index is 2.90. The van der Waals surface area contributed by atoms with Gasteiger partial charge in [-0.1, -0.05) is 6.92 Å². The summed E-state index contributed by atoms with van der Waals surface area (Å²) in [5.74, 6) is 0.861. The molecule has 0 aliphatic carbocycles. The largest absolute Gasteiger partial charge is 0.367 e. The first-order valence-corrected chi connectivity index (χ1v) is 5.40. The predicted octanol–water partition coefficient (Wildman–Crippen LogP) is 2.88. The molecule has 0 aliphatic rings. The molecule has 0 aliphatic heterocycles. The van der Waals surface area contributed by atoms with Crippen LogP contribution in [0.4, 0.5) is 5.82 Å². The van der Waals surface area contributed by atoms with Gasteiger partial charge in [-0.2, -0.15) is 0 Å². The standard InChI is InChI=1S/C12H18N2O/c1-4-6-11(15)10-7-5-8-13-12(10)14-9(2)3/h5,7-9H,4,6H2,1-3H3,(H,13,14). The monoisotopic (exact) mass is 206 g/mol. The van der Waals surface area contributed by atoms with Gasteiger partial charge in [-0.05, 0) is 32.4 Å². The molecule has 1 aromatic rings. The van der Waals surface area contributed by atoms with Crippen LogP contribution < -0.4 is 5.32 Å². The molecule has 1 N–H and O–H groups in total. The van der Waals surface area contributed by atoms with Crippen LogP contribution in [0.5, 0.6) is 0 Å². The quantitative estimate of drug-likeness (QED) is 0.753. The smallest absolute Gasteiger partial charge is 0.166 e. The Morgan fingerprint density at radius 3 is 2.87 bits per heavy atom. The molecule has 0 radical (unpaired) electrons. The number of carbonyl (C=O) groups is 1. The highest BCUT2D eigenvalue weighted by atomic mass is 16.1. The van der Waals surface area contributed by atoms with E-state index in [-0.39, 0.29) is 11.8 Å². The Morgan fingerprint density at radius 1 is 1.53 bits per heavy atom. The number of hydrogen-bond acceptors (Lipinski definition) is 3. The van der Waals surface area contributed by atoms with Crippen LogP contribution >= 0.6 is 0 Å². The maximum absolute atomic E-state index is 11.8. The van der Waals surface area contributed by atoms with Crippen molar-refractivity contribution in [2.75, 3.05) is 5.32 Å². The van der Waals surface area contributed by atoms with Gasteiger partial charge in [-0.25, -0.2) is 4.98 Å². The minimum atomic E-state index is 0.161. The molecule has 1 heterocycles. The summed E-state index contributed by atoms with van der Waals surface area (Å²) in [6, 6.07) is 3.91. The van der Waals surface area contributed by atoms with E-state index in [9.17, 15) is 4.79 Å². The van der Waals surface area contributed by atoms with Crippen molar-refractivity contribution in [1.29, 1.82) is 0 Å². The second kappa shape index (κ2) is 5.49. The van der Waals surface area contributed by atoms with E-state index in [1.54, 1.807) is 12.3 Å². The lowest BCUT2D eigenvalue weighted by Crippen LogP contribution is -2.14. The molecule has 3 heteroatoms. The van der Waals surface area contributed by atoms with Crippen molar-refractivity contribution in [3.8, 4) is 0 Å². The Hall–Kier alpha value is -1.38. The van der Waals surface area contributed by atoms with Crippen LogP contribution in [0.3, 0.4) is 0 Å². The van der Waals surface area contributed by atoms with Crippen LogP contribution in [0.15, 0.2) is 18.3 Å². The van der Waals surface area contributed by atoms with Crippen molar-refractivity contribution < 1.29 is 4.79 Å². The lowest BCUT2D eigenvalue weighted by atomic mass is 10.1. The lowest BCUT2D eigenvalue weighted by Gasteiger charge is -2.12. The van der Waals surface area contributed by atoms with Crippen LogP contribution in [-0.4, -0.2) is 16.8 Å². The summed E-state index contributed by atoms with van der Waals surface area (Å²) < 4.78 is 0. The fourth-order valence-electron chi connectivity index (χ4n) is 1.38. The molecule has 0 amide bonds. The van der Waals surface area contributed by atoms with Gasteiger partial charge in [0, 0.05) is 18.7 Å². The summed E-state index contributed by atoms with van der Waals surface area (Å²) in [6.45, 7) is 6.06. The maximum Gasteiger partial charge on any atom is 0.166 e. The number of rotatable bonds is 5. The highest BCUT2D eigenvalue weighted by Gasteiger charge is 2.11. The molecule has 0 unspecified atom stereocenters. The second-order valence-electron chi connectivity index (χ2n) is 3.87. The number of ketones is 1. The van der Waals surface area contributed by atoms with E-state index >= 15 is 0 Å². The molecule has 0 fully saturated rings. The van der Waals surface area contributed by atoms with E-state index in [1.807, 2.05) is 26.8 Å². The van der Waals surface area contributed by atoms with Crippen molar-refractivity contribution in [2.24, 2.45) is 0 Å². The minimum Gasteiger partial charge on any atom is -0.367 e. The molecule has 15 heavy (non-hydrogen) atoms. The van der Waals surface area contributed by atoms with E-state index in [0.29, 0.717) is 17.8 Å². The van der Waals surface area contributed by atoms with Gasteiger partial charge in [0.1, 0.15) is 5.82 Å². The first-order valence-electron chi connectivity index (χ1n) is 5.40. The lowest BCUT2D eigenvalue weighted by molar-refractivity contribution is 0.0982. The van der Waals surface area contributed by atoms with E-state index in [2.05, 4.69) is 10.3 Å². The highest BCUT2D eigenvalue weighted by molar-refractivity contribution is 6.00. The van der Waals surface area contributed by atoms with Gasteiger partial charge in [0.25, 0.3) is 0 Å². The van der Waals surface area contributed by atoms with Gasteiger partial charge < -0.3 is 5.32 Å². The van der Waals surface area contributed by atoms with Gasteiger partial charge in [0.05, 0.1) is 5.56 Å². The van der Waals surface area contributed by atoms with Crippen molar-refractivity contribution in [3.63, 3.8) is 0 Å². The summed E-state index contributed by atoms with van der Waals surface area (Å²) in [5, 5.41) is 3.18. The van der Waals surface area contributed by atoms with Crippen molar-refractivity contribution in [1.82, 2.24) is 4.98 Å². The molecule has 82 valence electrons. The van der Waals surface area contributed by atoms with Crippen LogP contribution in [0.25, 0.3) is 0 Å². The van der Waals surface area contributed by atoms with E-state index < -0.39 is 0 Å². The normalized spacial score (nSPS) is 10.4. The number of carbonyl (C=O) groups excluding carboxylic acids is 1. The zero-order chi connectivity index (χ0) is 11.3. The Bertz CT molecular complexity index is 334. The van der Waals surface area contributed by atoms with Crippen molar-refractivity contribution >= 4 is 11.6 Å². The molecular formula is C12H18N2O. The van der Waals surface area contributed by atoms with Gasteiger partial charge in [-0.3, -0.25) is 4.79 Å². The molecule has 0 atom stereocenters. The number of pyridine rings is 1. The maximum atomic E-state index is 11.8. The summed E-state index contributed by atoms with van der Waals surface area (Å²) >= 11 is 0. The zero-order valence-electron chi connectivity index (χ0n) is 9.58. The van der Waals surface area contributed by atoms with Crippen LogP contribution in [0.1, 0.15) is 44.0 Å². The third-order valence-corrected chi connectivity index (χ3v) is 2.01. The van der Waals surface area contributed by atoms with Crippen molar-refractivity contribution in [2.45, 2.75) is 39.7 Å². The number of hydrogen-bond donors (Lipinski definition) is 1. The number of nitrogens with zero attached hydrogens (tertiary/aromatic N) is 1. The van der Waals surface area contributed by atoms with Gasteiger partial charge in [-0.15, -0.1) is 0 Å². The fourth-order valence-corrected chi connectivity index (χ4v) is 1.38. The van der Waals surface area contributed by atoms with Gasteiger partial charge in [0.15, 0.2) is 5.78 Å². The third-order valence-electron chi connectivity index (χ3n) is 2.01. The molecule has 0 saturated carbocycles. The van der Waals surface area contributed by atoms with E-state index in [0.717, 1.165) is 6.42 Å². The fraction of sp³-hybridized carbons (Fsp3) is 0.500. The molecular weight excluding hydrogens is 188 g/mol. The molecule has 0 saturated heterocycles. The number of aromatic nitrogens is 1. The molecule has 1 aromatic heterocycles. The van der Waals surface area contributed by atoms with E-state index in [1.165, 1.54) is 0 Å². The summed E-state index contributed by atoms with van der Waals surface area (Å²) in [4.78, 5) is 16.0. The topological polar surface area (TPSA) is 42.0 Å². The Morgan fingerprint density at radius 2 is 2.27 bits per heavy atom. The van der Waals surface area contributed by atoms with E-state index in [4.69, 9.17) is 0 Å². The SMILES string of the molecule is CCCC(=O)c1cccnc1NC(C)C. The molecule has 3 nitrogen and oxygen atoms in total. The van der Waals surface area contributed by atoms with Gasteiger partial charge >= 0.3 is 0 Å². The first-order chi connectivity index (χ1) is 7.15. The second-order valence-corrected chi connectivity index (χ2v) is 3.87. The summed E-state index contributed by atoms with van der Waals surface area (Å²) in [5.41, 5.74) is 0.702. The van der Waals surface area contributed by atoms with Gasteiger partial charge in [0.2, 0.25) is 0 Å². The third kappa shape index (κ3) is 3.35. The Kier molecular flexibility index (Phi) is 4.28.